The molecule has 0 N–H and O–H groups in total. The molecule has 2 nitrogen and oxygen atoms in total. The third kappa shape index (κ3) is 2.45. The van der Waals surface area contributed by atoms with Crippen molar-refractivity contribution in [2.75, 3.05) is 5.75 Å². The molecule has 1 unspecified atom stereocenters. The molecule has 2 heterocycles. The van der Waals surface area contributed by atoms with Crippen LogP contribution in [0.3, 0.4) is 0 Å². The second kappa shape index (κ2) is 5.54. The molecule has 1 aromatic heterocycles. The fourth-order valence-corrected chi connectivity index (χ4v) is 4.31. The molecule has 2 aromatic rings. The van der Waals surface area contributed by atoms with Gasteiger partial charge in [0.1, 0.15) is 17.0 Å². The molecule has 1 aromatic carbocycles. The molecule has 0 radical (unpaired) electrons. The van der Waals surface area contributed by atoms with Crippen LogP contribution in [0.1, 0.15) is 15.8 Å². The van der Waals surface area contributed by atoms with E-state index in [2.05, 4.69) is 0 Å². The first-order valence-electron chi connectivity index (χ1n) is 6.04. The number of thioether (sulfide) groups is 1. The Bertz CT molecular complexity index is 610. The lowest BCUT2D eigenvalue weighted by atomic mass is 10.2. The van der Waals surface area contributed by atoms with Crippen LogP contribution in [0, 0.1) is 11.6 Å². The van der Waals surface area contributed by atoms with Gasteiger partial charge in [-0.25, -0.2) is 8.78 Å². The molecule has 0 spiro atoms. The highest BCUT2D eigenvalue weighted by Crippen LogP contribution is 2.41. The zero-order chi connectivity index (χ0) is 14.1. The van der Waals surface area contributed by atoms with Gasteiger partial charge in [0.15, 0.2) is 0 Å². The maximum atomic E-state index is 13.7. The lowest BCUT2D eigenvalue weighted by Gasteiger charge is -2.23. The molecule has 1 amide bonds. The Balaban J connectivity index is 1.90. The van der Waals surface area contributed by atoms with Gasteiger partial charge < -0.3 is 4.90 Å². The molecule has 0 bridgehead atoms. The summed E-state index contributed by atoms with van der Waals surface area (Å²) < 4.78 is 27.4. The van der Waals surface area contributed by atoms with Crippen molar-refractivity contribution in [3.63, 3.8) is 0 Å². The van der Waals surface area contributed by atoms with E-state index in [1.165, 1.54) is 34.9 Å². The number of rotatable bonds is 3. The molecule has 0 saturated carbocycles. The molecule has 1 saturated heterocycles. The summed E-state index contributed by atoms with van der Waals surface area (Å²) in [5.41, 5.74) is -0.0510. The molecule has 20 heavy (non-hydrogen) atoms. The van der Waals surface area contributed by atoms with Gasteiger partial charge in [-0.05, 0) is 23.6 Å². The van der Waals surface area contributed by atoms with Gasteiger partial charge in [0, 0.05) is 10.4 Å². The Morgan fingerprint density at radius 1 is 1.20 bits per heavy atom. The average molecular weight is 311 g/mol. The fraction of sp³-hybridized carbons (Fsp3) is 0.214. The van der Waals surface area contributed by atoms with Crippen LogP contribution in [-0.2, 0) is 11.3 Å². The highest BCUT2D eigenvalue weighted by atomic mass is 32.2. The van der Waals surface area contributed by atoms with E-state index in [4.69, 9.17) is 0 Å². The monoisotopic (exact) mass is 311 g/mol. The Morgan fingerprint density at radius 2 is 1.95 bits per heavy atom. The largest absolute Gasteiger partial charge is 0.320 e. The average Bonchev–Trinajstić information content (AvgIpc) is 3.04. The second-order valence-corrected chi connectivity index (χ2v) is 6.45. The fourth-order valence-electron chi connectivity index (χ4n) is 2.15. The van der Waals surface area contributed by atoms with Crippen molar-refractivity contribution in [3.05, 3.63) is 57.8 Å². The number of carbonyl (C=O) groups excluding carboxylic acids is 1. The summed E-state index contributed by atoms with van der Waals surface area (Å²) in [6, 6.07) is 7.60. The van der Waals surface area contributed by atoms with E-state index in [-0.39, 0.29) is 23.4 Å². The van der Waals surface area contributed by atoms with Crippen LogP contribution in [0.2, 0.25) is 0 Å². The van der Waals surface area contributed by atoms with Crippen LogP contribution < -0.4 is 0 Å². The van der Waals surface area contributed by atoms with Crippen molar-refractivity contribution in [2.24, 2.45) is 0 Å². The minimum Gasteiger partial charge on any atom is -0.320 e. The van der Waals surface area contributed by atoms with Gasteiger partial charge in [-0.3, -0.25) is 4.79 Å². The van der Waals surface area contributed by atoms with Gasteiger partial charge in [0.05, 0.1) is 12.3 Å². The van der Waals surface area contributed by atoms with Crippen molar-refractivity contribution in [1.82, 2.24) is 4.90 Å². The third-order valence-electron chi connectivity index (χ3n) is 3.14. The zero-order valence-corrected chi connectivity index (χ0v) is 12.0. The summed E-state index contributed by atoms with van der Waals surface area (Å²) >= 11 is 3.03. The van der Waals surface area contributed by atoms with Crippen LogP contribution in [-0.4, -0.2) is 16.6 Å². The minimum atomic E-state index is -0.611. The van der Waals surface area contributed by atoms with E-state index in [1.807, 2.05) is 17.5 Å². The number of carbonyl (C=O) groups is 1. The van der Waals surface area contributed by atoms with Gasteiger partial charge in [-0.2, -0.15) is 0 Å². The van der Waals surface area contributed by atoms with Gasteiger partial charge in [0.2, 0.25) is 5.91 Å². The summed E-state index contributed by atoms with van der Waals surface area (Å²) in [5, 5.41) is 1.78. The van der Waals surface area contributed by atoms with Crippen molar-refractivity contribution < 1.29 is 13.6 Å². The maximum absolute atomic E-state index is 13.7. The normalized spacial score (nSPS) is 18.8. The summed E-state index contributed by atoms with van der Waals surface area (Å²) in [5.74, 6) is -0.964. The standard InChI is InChI=1S/C14H11F2NOS2/c15-10-3-1-4-11(16)9(10)7-17-13(18)8-20-14(17)12-5-2-6-19-12/h1-6,14H,7-8H2. The van der Waals surface area contributed by atoms with Gasteiger partial charge in [0.25, 0.3) is 0 Å². The van der Waals surface area contributed by atoms with E-state index in [1.54, 1.807) is 11.3 Å². The van der Waals surface area contributed by atoms with Crippen molar-refractivity contribution in [2.45, 2.75) is 11.9 Å². The lowest BCUT2D eigenvalue weighted by molar-refractivity contribution is -0.128. The second-order valence-electron chi connectivity index (χ2n) is 4.40. The molecule has 6 heteroatoms. The first-order valence-corrected chi connectivity index (χ1v) is 7.97. The predicted molar refractivity (Wildman–Crippen MR) is 76.4 cm³/mol. The Labute approximate surface area is 123 Å². The predicted octanol–water partition coefficient (Wildman–Crippen LogP) is 3.80. The molecular formula is C14H11F2NOS2. The van der Waals surface area contributed by atoms with Gasteiger partial charge >= 0.3 is 0 Å². The molecular weight excluding hydrogens is 300 g/mol. The third-order valence-corrected chi connectivity index (χ3v) is 5.46. The van der Waals surface area contributed by atoms with Crippen LogP contribution in [0.4, 0.5) is 8.78 Å². The SMILES string of the molecule is O=C1CSC(c2cccs2)N1Cc1c(F)cccc1F. The lowest BCUT2D eigenvalue weighted by Crippen LogP contribution is -2.28. The number of halogens is 2. The quantitative estimate of drug-likeness (QED) is 0.859. The van der Waals surface area contributed by atoms with Crippen molar-refractivity contribution >= 4 is 29.0 Å². The Kier molecular flexibility index (Phi) is 3.76. The highest BCUT2D eigenvalue weighted by molar-refractivity contribution is 8.00. The Morgan fingerprint density at radius 3 is 2.60 bits per heavy atom. The topological polar surface area (TPSA) is 20.3 Å². The molecule has 0 aliphatic carbocycles. The molecule has 3 rings (SSSR count). The first-order chi connectivity index (χ1) is 9.66. The van der Waals surface area contributed by atoms with E-state index in [9.17, 15) is 13.6 Å². The van der Waals surface area contributed by atoms with Crippen LogP contribution >= 0.6 is 23.1 Å². The van der Waals surface area contributed by atoms with E-state index < -0.39 is 11.6 Å². The van der Waals surface area contributed by atoms with Crippen molar-refractivity contribution in [1.29, 1.82) is 0 Å². The number of benzene rings is 1. The zero-order valence-electron chi connectivity index (χ0n) is 10.4. The maximum Gasteiger partial charge on any atom is 0.234 e. The van der Waals surface area contributed by atoms with Crippen molar-refractivity contribution in [3.8, 4) is 0 Å². The molecule has 104 valence electrons. The summed E-state index contributed by atoms with van der Waals surface area (Å²) in [6.07, 6.45) is 0. The number of hydrogen-bond donors (Lipinski definition) is 0. The minimum absolute atomic E-state index is 0.0348. The van der Waals surface area contributed by atoms with E-state index in [0.717, 1.165) is 4.88 Å². The van der Waals surface area contributed by atoms with Crippen LogP contribution in [0.5, 0.6) is 0 Å². The van der Waals surface area contributed by atoms with E-state index in [0.29, 0.717) is 5.75 Å². The molecule has 1 aliphatic rings. The number of nitrogens with zero attached hydrogens (tertiary/aromatic N) is 1. The summed E-state index contributed by atoms with van der Waals surface area (Å²) in [6.45, 7) is -0.0348. The van der Waals surface area contributed by atoms with E-state index >= 15 is 0 Å². The van der Waals surface area contributed by atoms with Gasteiger partial charge in [-0.15, -0.1) is 23.1 Å². The number of hydrogen-bond acceptors (Lipinski definition) is 3. The number of thiophene rings is 1. The molecule has 1 aliphatic heterocycles. The summed E-state index contributed by atoms with van der Waals surface area (Å²) in [4.78, 5) is 14.5. The molecule has 1 fully saturated rings. The molecule has 1 atom stereocenters. The van der Waals surface area contributed by atoms with Crippen LogP contribution in [0.25, 0.3) is 0 Å². The first kappa shape index (κ1) is 13.6. The smallest absolute Gasteiger partial charge is 0.234 e. The summed E-state index contributed by atoms with van der Waals surface area (Å²) in [7, 11) is 0. The number of amides is 1. The highest BCUT2D eigenvalue weighted by Gasteiger charge is 2.34. The Hall–Kier alpha value is -1.40. The van der Waals surface area contributed by atoms with Gasteiger partial charge in [-0.1, -0.05) is 12.1 Å². The van der Waals surface area contributed by atoms with Crippen LogP contribution in [0.15, 0.2) is 35.7 Å².